The molecule has 29 heavy (non-hydrogen) atoms. The van der Waals surface area contributed by atoms with Gasteiger partial charge < -0.3 is 15.4 Å². The van der Waals surface area contributed by atoms with Gasteiger partial charge in [-0.3, -0.25) is 4.68 Å². The largest absolute Gasteiger partial charge is 0.497 e. The molecule has 1 aromatic heterocycles. The lowest BCUT2D eigenvalue weighted by molar-refractivity contribution is 0.414. The van der Waals surface area contributed by atoms with Gasteiger partial charge in [0.25, 0.3) is 0 Å². The normalized spacial score (nSPS) is 10.9. The molecule has 0 aliphatic rings. The van der Waals surface area contributed by atoms with Crippen LogP contribution in [0.15, 0.2) is 72.0 Å². The zero-order valence-corrected chi connectivity index (χ0v) is 19.2. The maximum Gasteiger partial charge on any atom is 0.191 e. The van der Waals surface area contributed by atoms with Crippen molar-refractivity contribution in [2.24, 2.45) is 4.99 Å². The van der Waals surface area contributed by atoms with Crippen molar-refractivity contribution in [2.75, 3.05) is 13.7 Å². The molecule has 1 heterocycles. The van der Waals surface area contributed by atoms with Gasteiger partial charge in [-0.05, 0) is 41.8 Å². The number of nitrogens with zero attached hydrogens (tertiary/aromatic N) is 3. The van der Waals surface area contributed by atoms with E-state index in [1.165, 1.54) is 11.1 Å². The molecule has 0 aliphatic carbocycles. The fourth-order valence-electron chi connectivity index (χ4n) is 2.91. The number of nitrogens with one attached hydrogen (secondary N) is 2. The molecular weight excluding hydrogens is 477 g/mol. The highest BCUT2D eigenvalue weighted by molar-refractivity contribution is 14.0. The second-order valence-corrected chi connectivity index (χ2v) is 6.37. The summed E-state index contributed by atoms with van der Waals surface area (Å²) in [7, 11) is 1.68. The fourth-order valence-corrected chi connectivity index (χ4v) is 2.91. The van der Waals surface area contributed by atoms with Crippen LogP contribution in [0.1, 0.15) is 23.6 Å². The van der Waals surface area contributed by atoms with E-state index < -0.39 is 0 Å². The maximum absolute atomic E-state index is 5.28. The van der Waals surface area contributed by atoms with E-state index in [0.29, 0.717) is 13.1 Å². The standard InChI is InChI=1S/C22H27N5O.HI/c1-3-23-22(24-15-18-8-6-11-21(14-18)28-2)25-16-19-9-4-5-10-20(19)17-27-13-7-12-26-27;/h4-14H,3,15-17H2,1-2H3,(H2,23,24,25);1H. The Morgan fingerprint density at radius 1 is 1.07 bits per heavy atom. The molecule has 0 unspecified atom stereocenters. The van der Waals surface area contributed by atoms with Crippen molar-refractivity contribution in [1.82, 2.24) is 20.4 Å². The maximum atomic E-state index is 5.28. The summed E-state index contributed by atoms with van der Waals surface area (Å²) < 4.78 is 7.22. The number of methoxy groups -OCH3 is 1. The van der Waals surface area contributed by atoms with Crippen LogP contribution in [-0.4, -0.2) is 29.4 Å². The molecule has 0 radical (unpaired) electrons. The summed E-state index contributed by atoms with van der Waals surface area (Å²) in [6.07, 6.45) is 3.78. The van der Waals surface area contributed by atoms with Gasteiger partial charge in [0.15, 0.2) is 5.96 Å². The first-order valence-electron chi connectivity index (χ1n) is 9.48. The summed E-state index contributed by atoms with van der Waals surface area (Å²) in [6.45, 7) is 4.90. The number of rotatable bonds is 8. The first kappa shape index (κ1) is 22.7. The van der Waals surface area contributed by atoms with Gasteiger partial charge in [-0.25, -0.2) is 4.99 Å². The Morgan fingerprint density at radius 3 is 2.62 bits per heavy atom. The van der Waals surface area contributed by atoms with Gasteiger partial charge in [-0.15, -0.1) is 24.0 Å². The molecule has 0 atom stereocenters. The number of guanidine groups is 1. The lowest BCUT2D eigenvalue weighted by Crippen LogP contribution is -2.37. The second kappa shape index (κ2) is 12.1. The third kappa shape index (κ3) is 7.08. The van der Waals surface area contributed by atoms with Crippen molar-refractivity contribution in [1.29, 1.82) is 0 Å². The number of hydrogen-bond acceptors (Lipinski definition) is 3. The summed E-state index contributed by atoms with van der Waals surface area (Å²) in [5.41, 5.74) is 3.57. The van der Waals surface area contributed by atoms with Gasteiger partial charge in [0.2, 0.25) is 0 Å². The van der Waals surface area contributed by atoms with E-state index in [9.17, 15) is 0 Å². The van der Waals surface area contributed by atoms with Gasteiger partial charge in [0.1, 0.15) is 5.75 Å². The number of aromatic nitrogens is 2. The van der Waals surface area contributed by atoms with E-state index in [2.05, 4.69) is 53.0 Å². The fraction of sp³-hybridized carbons (Fsp3) is 0.273. The number of benzene rings is 2. The third-order valence-corrected chi connectivity index (χ3v) is 4.35. The van der Waals surface area contributed by atoms with Gasteiger partial charge in [0.05, 0.1) is 20.2 Å². The average molecular weight is 505 g/mol. The molecule has 6 nitrogen and oxygen atoms in total. The highest BCUT2D eigenvalue weighted by atomic mass is 127. The van der Waals surface area contributed by atoms with Gasteiger partial charge >= 0.3 is 0 Å². The molecule has 3 aromatic rings. The Bertz CT molecular complexity index is 896. The highest BCUT2D eigenvalue weighted by Crippen LogP contribution is 2.13. The van der Waals surface area contributed by atoms with Crippen molar-refractivity contribution in [3.05, 3.63) is 83.7 Å². The zero-order chi connectivity index (χ0) is 19.6. The Labute approximate surface area is 189 Å². The van der Waals surface area contributed by atoms with Crippen molar-refractivity contribution in [2.45, 2.75) is 26.6 Å². The van der Waals surface area contributed by atoms with E-state index in [1.54, 1.807) is 13.3 Å². The monoisotopic (exact) mass is 505 g/mol. The Balaban J connectivity index is 0.00000300. The first-order valence-corrected chi connectivity index (χ1v) is 9.48. The minimum atomic E-state index is 0. The van der Waals surface area contributed by atoms with Gasteiger partial charge in [-0.2, -0.15) is 5.10 Å². The molecule has 0 saturated carbocycles. The summed E-state index contributed by atoms with van der Waals surface area (Å²) in [4.78, 5) is 4.70. The molecule has 0 aliphatic heterocycles. The SMILES string of the molecule is CCNC(=NCc1cccc(OC)c1)NCc1ccccc1Cn1cccn1.I. The van der Waals surface area contributed by atoms with Crippen LogP contribution in [0.2, 0.25) is 0 Å². The molecule has 0 amide bonds. The van der Waals surface area contributed by atoms with Gasteiger partial charge in [0, 0.05) is 25.5 Å². The highest BCUT2D eigenvalue weighted by Gasteiger charge is 2.05. The van der Waals surface area contributed by atoms with Crippen molar-refractivity contribution in [3.63, 3.8) is 0 Å². The quantitative estimate of drug-likeness (QED) is 0.278. The Morgan fingerprint density at radius 2 is 1.90 bits per heavy atom. The predicted octanol–water partition coefficient (Wildman–Crippen LogP) is 3.81. The van der Waals surface area contributed by atoms with E-state index in [1.807, 2.05) is 35.1 Å². The van der Waals surface area contributed by atoms with Crippen LogP contribution in [0.5, 0.6) is 5.75 Å². The van der Waals surface area contributed by atoms with E-state index in [-0.39, 0.29) is 24.0 Å². The summed E-state index contributed by atoms with van der Waals surface area (Å²) in [5, 5.41) is 11.0. The van der Waals surface area contributed by atoms with Crippen molar-refractivity contribution < 1.29 is 4.74 Å². The number of aliphatic imine (C=N–C) groups is 1. The molecule has 0 saturated heterocycles. The molecule has 0 spiro atoms. The summed E-state index contributed by atoms with van der Waals surface area (Å²) in [6, 6.07) is 18.3. The van der Waals surface area contributed by atoms with Crippen molar-refractivity contribution in [3.8, 4) is 5.75 Å². The molecule has 2 aromatic carbocycles. The summed E-state index contributed by atoms with van der Waals surface area (Å²) in [5.74, 6) is 1.64. The molecule has 3 rings (SSSR count). The molecular formula is C22H28IN5O. The number of hydrogen-bond donors (Lipinski definition) is 2. The van der Waals surface area contributed by atoms with Crippen LogP contribution < -0.4 is 15.4 Å². The predicted molar refractivity (Wildman–Crippen MR) is 128 cm³/mol. The second-order valence-electron chi connectivity index (χ2n) is 6.37. The van der Waals surface area contributed by atoms with Crippen LogP contribution in [0, 0.1) is 0 Å². The first-order chi connectivity index (χ1) is 13.8. The Kier molecular flexibility index (Phi) is 9.49. The minimum Gasteiger partial charge on any atom is -0.497 e. The van der Waals surface area contributed by atoms with Crippen LogP contribution in [0.25, 0.3) is 0 Å². The van der Waals surface area contributed by atoms with E-state index in [0.717, 1.165) is 30.4 Å². The smallest absolute Gasteiger partial charge is 0.191 e. The lowest BCUT2D eigenvalue weighted by atomic mass is 10.1. The van der Waals surface area contributed by atoms with Crippen molar-refractivity contribution >= 4 is 29.9 Å². The van der Waals surface area contributed by atoms with Crippen LogP contribution >= 0.6 is 24.0 Å². The molecule has 154 valence electrons. The van der Waals surface area contributed by atoms with Crippen LogP contribution in [0.4, 0.5) is 0 Å². The number of halogens is 1. The van der Waals surface area contributed by atoms with Crippen LogP contribution in [0.3, 0.4) is 0 Å². The Hall–Kier alpha value is -2.55. The van der Waals surface area contributed by atoms with E-state index >= 15 is 0 Å². The zero-order valence-electron chi connectivity index (χ0n) is 16.8. The average Bonchev–Trinajstić information content (AvgIpc) is 3.24. The summed E-state index contributed by atoms with van der Waals surface area (Å²) >= 11 is 0. The molecule has 0 bridgehead atoms. The molecule has 7 heteroatoms. The third-order valence-electron chi connectivity index (χ3n) is 4.35. The van der Waals surface area contributed by atoms with E-state index in [4.69, 9.17) is 9.73 Å². The van der Waals surface area contributed by atoms with Gasteiger partial charge in [-0.1, -0.05) is 36.4 Å². The minimum absolute atomic E-state index is 0. The molecule has 0 fully saturated rings. The molecule has 2 N–H and O–H groups in total. The topological polar surface area (TPSA) is 63.5 Å². The van der Waals surface area contributed by atoms with Crippen LogP contribution in [-0.2, 0) is 19.6 Å². The number of ether oxygens (including phenoxy) is 1. The lowest BCUT2D eigenvalue weighted by Gasteiger charge is -2.14.